The minimum Gasteiger partial charge on any atom is -0.324 e. The first-order valence-corrected chi connectivity index (χ1v) is 8.99. The number of nitrogens with one attached hydrogen (secondary N) is 2. The zero-order chi connectivity index (χ0) is 22.5. The summed E-state index contributed by atoms with van der Waals surface area (Å²) in [6, 6.07) is 6.16. The predicted octanol–water partition coefficient (Wildman–Crippen LogP) is 4.27. The number of nitrogens with zero attached hydrogens (tertiary/aromatic N) is 1. The van der Waals surface area contributed by atoms with Crippen LogP contribution in [-0.2, 0) is 15.8 Å². The molecule has 0 aliphatic carbocycles. The molecule has 0 bridgehead atoms. The van der Waals surface area contributed by atoms with Gasteiger partial charge < -0.3 is 10.6 Å². The van der Waals surface area contributed by atoms with Crippen molar-refractivity contribution in [3.63, 3.8) is 0 Å². The topological polar surface area (TPSA) is 61.4 Å². The molecule has 0 saturated heterocycles. The lowest BCUT2D eigenvalue weighted by molar-refractivity contribution is -0.137. The van der Waals surface area contributed by atoms with E-state index < -0.39 is 46.9 Å². The average Bonchev–Trinajstić information content (AvgIpc) is 2.68. The van der Waals surface area contributed by atoms with Crippen LogP contribution >= 0.6 is 0 Å². The summed E-state index contributed by atoms with van der Waals surface area (Å²) in [7, 11) is 0. The zero-order valence-corrected chi connectivity index (χ0v) is 16.2. The fourth-order valence-electron chi connectivity index (χ4n) is 2.73. The summed E-state index contributed by atoms with van der Waals surface area (Å²) in [5.41, 5.74) is -1.75. The summed E-state index contributed by atoms with van der Waals surface area (Å²) < 4.78 is 66.1. The number of rotatable bonds is 7. The van der Waals surface area contributed by atoms with Crippen molar-refractivity contribution >= 4 is 23.2 Å². The van der Waals surface area contributed by atoms with Crippen molar-refractivity contribution < 1.29 is 31.5 Å². The molecular formula is C20H20F5N3O2. The van der Waals surface area contributed by atoms with Crippen LogP contribution in [-0.4, -0.2) is 35.8 Å². The molecule has 162 valence electrons. The van der Waals surface area contributed by atoms with E-state index in [4.69, 9.17) is 0 Å². The minimum atomic E-state index is -4.64. The van der Waals surface area contributed by atoms with Gasteiger partial charge in [0.2, 0.25) is 11.8 Å². The normalized spacial score (nSPS) is 12.5. The first-order chi connectivity index (χ1) is 14.0. The van der Waals surface area contributed by atoms with Crippen LogP contribution in [0.15, 0.2) is 42.5 Å². The van der Waals surface area contributed by atoms with E-state index in [-0.39, 0.29) is 18.8 Å². The van der Waals surface area contributed by atoms with E-state index in [9.17, 15) is 31.5 Å². The van der Waals surface area contributed by atoms with E-state index in [1.54, 1.807) is 6.92 Å². The number of carbonyl (C=O) groups is 2. The third-order valence-electron chi connectivity index (χ3n) is 4.37. The molecule has 1 atom stereocenters. The maximum Gasteiger partial charge on any atom is 0.418 e. The van der Waals surface area contributed by atoms with E-state index in [2.05, 4.69) is 10.6 Å². The highest BCUT2D eigenvalue weighted by Gasteiger charge is 2.33. The van der Waals surface area contributed by atoms with Gasteiger partial charge in [-0.2, -0.15) is 13.2 Å². The highest BCUT2D eigenvalue weighted by Crippen LogP contribution is 2.34. The molecule has 10 heteroatoms. The number of benzene rings is 2. The van der Waals surface area contributed by atoms with E-state index >= 15 is 0 Å². The Hall–Kier alpha value is -3.01. The highest BCUT2D eigenvalue weighted by atomic mass is 19.4. The molecule has 2 amide bonds. The Morgan fingerprint density at radius 3 is 2.33 bits per heavy atom. The monoisotopic (exact) mass is 429 g/mol. The van der Waals surface area contributed by atoms with Crippen molar-refractivity contribution in [2.75, 3.05) is 23.7 Å². The zero-order valence-electron chi connectivity index (χ0n) is 16.2. The number of anilines is 2. The Bertz CT molecular complexity index is 918. The standard InChI is InChI=1S/C20H20F5N3O2/c1-3-28(12(2)19(30)27-17-10-13(21)8-9-15(17)22)11-18(29)26-16-7-5-4-6-14(16)20(23,24)25/h4-10,12H,3,11H2,1-2H3,(H,26,29)(H,27,30). The van der Waals surface area contributed by atoms with Crippen molar-refractivity contribution in [3.05, 3.63) is 59.7 Å². The molecule has 2 aromatic rings. The number of hydrogen-bond donors (Lipinski definition) is 2. The second kappa shape index (κ2) is 9.66. The molecule has 30 heavy (non-hydrogen) atoms. The van der Waals surface area contributed by atoms with Crippen LogP contribution in [0.3, 0.4) is 0 Å². The lowest BCUT2D eigenvalue weighted by atomic mass is 10.1. The number of hydrogen-bond acceptors (Lipinski definition) is 3. The quantitative estimate of drug-likeness (QED) is 0.647. The first-order valence-electron chi connectivity index (χ1n) is 8.99. The van der Waals surface area contributed by atoms with Gasteiger partial charge >= 0.3 is 6.18 Å². The molecule has 1 unspecified atom stereocenters. The molecule has 0 spiro atoms. The molecule has 2 N–H and O–H groups in total. The van der Waals surface area contributed by atoms with Crippen LogP contribution in [0.4, 0.5) is 33.3 Å². The maximum atomic E-state index is 13.7. The third-order valence-corrected chi connectivity index (χ3v) is 4.37. The SMILES string of the molecule is CCN(CC(=O)Nc1ccccc1C(F)(F)F)C(C)C(=O)Nc1cc(F)ccc1F. The highest BCUT2D eigenvalue weighted by molar-refractivity contribution is 5.96. The molecule has 0 saturated carbocycles. The van der Waals surface area contributed by atoms with Gasteiger partial charge in [-0.25, -0.2) is 8.78 Å². The largest absolute Gasteiger partial charge is 0.418 e. The summed E-state index contributed by atoms with van der Waals surface area (Å²) in [5.74, 6) is -3.04. The molecule has 2 rings (SSSR count). The van der Waals surface area contributed by atoms with Crippen LogP contribution in [0, 0.1) is 11.6 Å². The molecule has 0 aromatic heterocycles. The second-order valence-electron chi connectivity index (χ2n) is 6.44. The summed E-state index contributed by atoms with van der Waals surface area (Å²) in [6.45, 7) is 2.90. The minimum absolute atomic E-state index is 0.203. The van der Waals surface area contributed by atoms with Gasteiger partial charge in [-0.15, -0.1) is 0 Å². The molecule has 0 aliphatic heterocycles. The number of halogens is 5. The summed E-state index contributed by atoms with van der Waals surface area (Å²) in [6.07, 6.45) is -4.64. The fraction of sp³-hybridized carbons (Fsp3) is 0.300. The number of likely N-dealkylation sites (N-methyl/N-ethyl adjacent to an activating group) is 1. The lowest BCUT2D eigenvalue weighted by Crippen LogP contribution is -2.45. The Labute approximate surface area is 169 Å². The van der Waals surface area contributed by atoms with Crippen molar-refractivity contribution in [2.45, 2.75) is 26.1 Å². The van der Waals surface area contributed by atoms with E-state index in [1.807, 2.05) is 0 Å². The maximum absolute atomic E-state index is 13.7. The Kier molecular flexibility index (Phi) is 7.49. The van der Waals surface area contributed by atoms with Crippen molar-refractivity contribution in [2.24, 2.45) is 0 Å². The first kappa shape index (κ1) is 23.3. The van der Waals surface area contributed by atoms with Crippen LogP contribution in [0.5, 0.6) is 0 Å². The predicted molar refractivity (Wildman–Crippen MR) is 102 cm³/mol. The summed E-state index contributed by atoms with van der Waals surface area (Å²) in [5, 5.41) is 4.44. The number of para-hydroxylation sites is 1. The van der Waals surface area contributed by atoms with Gasteiger partial charge in [-0.3, -0.25) is 14.5 Å². The Morgan fingerprint density at radius 2 is 1.70 bits per heavy atom. The van der Waals surface area contributed by atoms with Crippen molar-refractivity contribution in [3.8, 4) is 0 Å². The third kappa shape index (κ3) is 5.99. The van der Waals surface area contributed by atoms with Gasteiger partial charge in [-0.1, -0.05) is 19.1 Å². The van der Waals surface area contributed by atoms with E-state index in [0.29, 0.717) is 0 Å². The summed E-state index contributed by atoms with van der Waals surface area (Å²) >= 11 is 0. The van der Waals surface area contributed by atoms with Crippen LogP contribution in [0.25, 0.3) is 0 Å². The van der Waals surface area contributed by atoms with Crippen molar-refractivity contribution in [1.29, 1.82) is 0 Å². The number of alkyl halides is 3. The van der Waals surface area contributed by atoms with Crippen molar-refractivity contribution in [1.82, 2.24) is 4.90 Å². The molecule has 0 fully saturated rings. The van der Waals surface area contributed by atoms with Gasteiger partial charge in [-0.05, 0) is 37.7 Å². The van der Waals surface area contributed by atoms with E-state index in [0.717, 1.165) is 30.3 Å². The van der Waals surface area contributed by atoms with Crippen LogP contribution in [0.2, 0.25) is 0 Å². The lowest BCUT2D eigenvalue weighted by Gasteiger charge is -2.26. The average molecular weight is 429 g/mol. The molecule has 2 aromatic carbocycles. The molecule has 0 heterocycles. The smallest absolute Gasteiger partial charge is 0.324 e. The molecule has 5 nitrogen and oxygen atoms in total. The molecule has 0 aliphatic rings. The fourth-order valence-corrected chi connectivity index (χ4v) is 2.73. The Morgan fingerprint density at radius 1 is 1.03 bits per heavy atom. The van der Waals surface area contributed by atoms with E-state index in [1.165, 1.54) is 24.0 Å². The van der Waals surface area contributed by atoms with Crippen LogP contribution in [0.1, 0.15) is 19.4 Å². The number of carbonyl (C=O) groups excluding carboxylic acids is 2. The van der Waals surface area contributed by atoms with Gasteiger partial charge in [0, 0.05) is 6.07 Å². The summed E-state index contributed by atoms with van der Waals surface area (Å²) in [4.78, 5) is 26.0. The van der Waals surface area contributed by atoms with Gasteiger partial charge in [0.05, 0.1) is 29.5 Å². The van der Waals surface area contributed by atoms with Crippen LogP contribution < -0.4 is 10.6 Å². The number of amides is 2. The van der Waals surface area contributed by atoms with Gasteiger partial charge in [0.15, 0.2) is 0 Å². The molecular weight excluding hydrogens is 409 g/mol. The molecule has 0 radical (unpaired) electrons. The van der Waals surface area contributed by atoms with Gasteiger partial charge in [0.25, 0.3) is 0 Å². The second-order valence-corrected chi connectivity index (χ2v) is 6.44. The van der Waals surface area contributed by atoms with Gasteiger partial charge in [0.1, 0.15) is 11.6 Å². The Balaban J connectivity index is 2.06.